The number of hydrogen-bond acceptors (Lipinski definition) is 3. The molecule has 3 aromatic rings. The first-order valence-corrected chi connectivity index (χ1v) is 11.4. The molecule has 1 aromatic heterocycles. The van der Waals surface area contributed by atoms with E-state index in [4.69, 9.17) is 0 Å². The first kappa shape index (κ1) is 22.5. The van der Waals surface area contributed by atoms with E-state index >= 15 is 0 Å². The van der Waals surface area contributed by atoms with Crippen LogP contribution in [0.5, 0.6) is 0 Å². The van der Waals surface area contributed by atoms with E-state index in [1.165, 1.54) is 4.57 Å². The number of benzene rings is 2. The fourth-order valence-corrected chi connectivity index (χ4v) is 4.15. The van der Waals surface area contributed by atoms with E-state index < -0.39 is 0 Å². The lowest BCUT2D eigenvalue weighted by Crippen LogP contribution is -2.40. The molecule has 2 N–H and O–H groups in total. The highest BCUT2D eigenvalue weighted by atomic mass is 16.2. The molecule has 1 fully saturated rings. The maximum Gasteiger partial charge on any atom is 0.267 e. The second-order valence-corrected chi connectivity index (χ2v) is 8.89. The van der Waals surface area contributed by atoms with Crippen LogP contribution in [0.3, 0.4) is 0 Å². The number of aryl methyl sites for hydroxylation is 1. The molecule has 1 aliphatic carbocycles. The molecule has 0 spiro atoms. The first-order valence-electron chi connectivity index (χ1n) is 11.4. The second kappa shape index (κ2) is 9.86. The highest BCUT2D eigenvalue weighted by Crippen LogP contribution is 2.23. The van der Waals surface area contributed by atoms with E-state index in [9.17, 15) is 14.4 Å². The molecule has 1 saturated carbocycles. The van der Waals surface area contributed by atoms with Crippen LogP contribution in [0.1, 0.15) is 58.9 Å². The lowest BCUT2D eigenvalue weighted by Gasteiger charge is -2.26. The average molecular weight is 444 g/mol. The number of carbonyl (C=O) groups is 2. The molecule has 2 amide bonds. The Bertz CT molecular complexity index is 1190. The van der Waals surface area contributed by atoms with Crippen molar-refractivity contribution in [2.75, 3.05) is 5.32 Å². The molecule has 0 saturated heterocycles. The minimum absolute atomic E-state index is 0.123. The Hall–Kier alpha value is -3.67. The topological polar surface area (TPSA) is 80.2 Å². The molecule has 0 atom stereocenters. The quantitative estimate of drug-likeness (QED) is 0.599. The molecule has 0 unspecified atom stereocenters. The van der Waals surface area contributed by atoms with Gasteiger partial charge in [0.2, 0.25) is 0 Å². The lowest BCUT2D eigenvalue weighted by molar-refractivity contribution is 0.0920. The summed E-state index contributed by atoms with van der Waals surface area (Å²) >= 11 is 0. The molecule has 4 rings (SSSR count). The van der Waals surface area contributed by atoms with Gasteiger partial charge in [-0.1, -0.05) is 24.6 Å². The zero-order valence-electron chi connectivity index (χ0n) is 19.0. The molecule has 1 heterocycles. The summed E-state index contributed by atoms with van der Waals surface area (Å²) in [6.45, 7) is 4.20. The van der Waals surface area contributed by atoms with E-state index in [1.807, 2.05) is 19.1 Å². The number of amides is 2. The number of aromatic nitrogens is 1. The van der Waals surface area contributed by atoms with Gasteiger partial charge in [0.1, 0.15) is 5.56 Å². The first-order chi connectivity index (χ1) is 15.9. The van der Waals surface area contributed by atoms with Gasteiger partial charge in [0.25, 0.3) is 17.4 Å². The van der Waals surface area contributed by atoms with Crippen LogP contribution in [0, 0.1) is 12.8 Å². The number of anilines is 1. The van der Waals surface area contributed by atoms with Crippen molar-refractivity contribution in [3.05, 3.63) is 93.9 Å². The molecule has 6 nitrogen and oxygen atoms in total. The SMILES string of the molecule is Cc1ccc(C(=O)Nc2ccc(-n3cccc(C(=O)NC4CCC(C)CC4)c3=O)cc2)cc1. The van der Waals surface area contributed by atoms with Gasteiger partial charge in [0.15, 0.2) is 0 Å². The summed E-state index contributed by atoms with van der Waals surface area (Å²) in [5.74, 6) is 0.170. The van der Waals surface area contributed by atoms with Crippen molar-refractivity contribution in [2.24, 2.45) is 5.92 Å². The molecular formula is C27H29N3O3. The molecule has 2 aromatic carbocycles. The zero-order valence-corrected chi connectivity index (χ0v) is 19.0. The van der Waals surface area contributed by atoms with E-state index in [-0.39, 0.29) is 29.0 Å². The summed E-state index contributed by atoms with van der Waals surface area (Å²) in [7, 11) is 0. The summed E-state index contributed by atoms with van der Waals surface area (Å²) in [5.41, 5.74) is 2.67. The standard InChI is InChI=1S/C27H29N3O3/c1-18-5-9-20(10-6-18)25(31)28-22-13-15-23(16-14-22)30-17-3-4-24(27(30)33)26(32)29-21-11-7-19(2)8-12-21/h3-6,9-10,13-17,19,21H,7-8,11-12H2,1-2H3,(H,28,31)(H,29,32). The molecule has 6 heteroatoms. The Morgan fingerprint density at radius 3 is 2.21 bits per heavy atom. The van der Waals surface area contributed by atoms with Crippen molar-refractivity contribution in [1.82, 2.24) is 9.88 Å². The minimum atomic E-state index is -0.365. The Labute approximate surface area is 193 Å². The largest absolute Gasteiger partial charge is 0.349 e. The van der Waals surface area contributed by atoms with Crippen molar-refractivity contribution in [1.29, 1.82) is 0 Å². The number of rotatable bonds is 5. The third kappa shape index (κ3) is 5.40. The second-order valence-electron chi connectivity index (χ2n) is 8.89. The molecule has 0 aliphatic heterocycles. The number of nitrogens with one attached hydrogen (secondary N) is 2. The van der Waals surface area contributed by atoms with Gasteiger partial charge in [0, 0.05) is 29.2 Å². The van der Waals surface area contributed by atoms with Gasteiger partial charge in [-0.3, -0.25) is 19.0 Å². The predicted octanol–water partition coefficient (Wildman–Crippen LogP) is 4.71. The number of pyridine rings is 1. The van der Waals surface area contributed by atoms with Crippen LogP contribution in [-0.2, 0) is 0 Å². The highest BCUT2D eigenvalue weighted by Gasteiger charge is 2.22. The van der Waals surface area contributed by atoms with Crippen LogP contribution in [0.25, 0.3) is 5.69 Å². The van der Waals surface area contributed by atoms with Crippen molar-refractivity contribution in [3.8, 4) is 5.69 Å². The summed E-state index contributed by atoms with van der Waals surface area (Å²) < 4.78 is 1.45. The lowest BCUT2D eigenvalue weighted by atomic mass is 9.87. The third-order valence-corrected chi connectivity index (χ3v) is 6.26. The van der Waals surface area contributed by atoms with E-state index in [2.05, 4.69) is 17.6 Å². The molecular weight excluding hydrogens is 414 g/mol. The molecule has 0 bridgehead atoms. The van der Waals surface area contributed by atoms with Gasteiger partial charge in [-0.2, -0.15) is 0 Å². The zero-order chi connectivity index (χ0) is 23.4. The van der Waals surface area contributed by atoms with Crippen LogP contribution >= 0.6 is 0 Å². The minimum Gasteiger partial charge on any atom is -0.349 e. The van der Waals surface area contributed by atoms with E-state index in [0.29, 0.717) is 22.9 Å². The number of hydrogen-bond donors (Lipinski definition) is 2. The van der Waals surface area contributed by atoms with E-state index in [0.717, 1.165) is 31.2 Å². The molecule has 33 heavy (non-hydrogen) atoms. The van der Waals surface area contributed by atoms with Gasteiger partial charge >= 0.3 is 0 Å². The van der Waals surface area contributed by atoms with Gasteiger partial charge < -0.3 is 10.6 Å². The maximum absolute atomic E-state index is 13.0. The fourth-order valence-electron chi connectivity index (χ4n) is 4.15. The van der Waals surface area contributed by atoms with Gasteiger partial charge in [-0.05, 0) is 87.1 Å². The number of carbonyl (C=O) groups excluding carboxylic acids is 2. The van der Waals surface area contributed by atoms with Gasteiger partial charge in [-0.15, -0.1) is 0 Å². The third-order valence-electron chi connectivity index (χ3n) is 6.26. The normalized spacial score (nSPS) is 17.9. The van der Waals surface area contributed by atoms with Crippen LogP contribution in [0.2, 0.25) is 0 Å². The van der Waals surface area contributed by atoms with Crippen LogP contribution in [0.15, 0.2) is 71.7 Å². The molecule has 0 radical (unpaired) electrons. The monoisotopic (exact) mass is 443 g/mol. The Balaban J connectivity index is 1.46. The molecule has 170 valence electrons. The molecule has 1 aliphatic rings. The van der Waals surface area contributed by atoms with Crippen LogP contribution < -0.4 is 16.2 Å². The Kier molecular flexibility index (Phi) is 6.73. The van der Waals surface area contributed by atoms with Gasteiger partial charge in [-0.25, -0.2) is 0 Å². The smallest absolute Gasteiger partial charge is 0.267 e. The highest BCUT2D eigenvalue weighted by molar-refractivity contribution is 6.04. The average Bonchev–Trinajstić information content (AvgIpc) is 2.82. The summed E-state index contributed by atoms with van der Waals surface area (Å²) in [5, 5.41) is 5.88. The van der Waals surface area contributed by atoms with Crippen LogP contribution in [-0.4, -0.2) is 22.4 Å². The number of nitrogens with zero attached hydrogens (tertiary/aromatic N) is 1. The fraction of sp³-hybridized carbons (Fsp3) is 0.296. The van der Waals surface area contributed by atoms with Crippen molar-refractivity contribution < 1.29 is 9.59 Å². The summed E-state index contributed by atoms with van der Waals surface area (Å²) in [6.07, 6.45) is 5.72. The Morgan fingerprint density at radius 2 is 1.55 bits per heavy atom. The summed E-state index contributed by atoms with van der Waals surface area (Å²) in [6, 6.07) is 17.7. The Morgan fingerprint density at radius 1 is 0.879 bits per heavy atom. The predicted molar refractivity (Wildman–Crippen MR) is 130 cm³/mol. The van der Waals surface area contributed by atoms with Gasteiger partial charge in [0.05, 0.1) is 0 Å². The van der Waals surface area contributed by atoms with E-state index in [1.54, 1.807) is 54.7 Å². The van der Waals surface area contributed by atoms with Crippen molar-refractivity contribution in [2.45, 2.75) is 45.6 Å². The van der Waals surface area contributed by atoms with Crippen molar-refractivity contribution >= 4 is 17.5 Å². The van der Waals surface area contributed by atoms with Crippen molar-refractivity contribution in [3.63, 3.8) is 0 Å². The van der Waals surface area contributed by atoms with Crippen LogP contribution in [0.4, 0.5) is 5.69 Å². The maximum atomic E-state index is 13.0. The summed E-state index contributed by atoms with van der Waals surface area (Å²) in [4.78, 5) is 38.2.